The molecule has 4 aliphatic rings. The first-order valence-corrected chi connectivity index (χ1v) is 7.10. The molecule has 0 saturated heterocycles. The van der Waals surface area contributed by atoms with Gasteiger partial charge in [0.2, 0.25) is 0 Å². The molecule has 0 aliphatic heterocycles. The molecule has 102 valence electrons. The number of allylic oxidation sites excluding steroid dienone is 1. The van der Waals surface area contributed by atoms with Gasteiger partial charge < -0.3 is 4.74 Å². The lowest BCUT2D eigenvalue weighted by Crippen LogP contribution is -2.56. The van der Waals surface area contributed by atoms with Crippen LogP contribution in [-0.2, 0) is 14.3 Å². The van der Waals surface area contributed by atoms with E-state index in [9.17, 15) is 9.59 Å². The fourth-order valence-corrected chi connectivity index (χ4v) is 5.04. The molecule has 0 aromatic rings. The number of hydrogen-bond acceptors (Lipinski definition) is 3. The molecule has 3 nitrogen and oxygen atoms in total. The monoisotopic (exact) mass is 260 g/mol. The van der Waals surface area contributed by atoms with Gasteiger partial charge in [0.25, 0.3) is 0 Å². The van der Waals surface area contributed by atoms with Crippen molar-refractivity contribution in [3.63, 3.8) is 0 Å². The Bertz CT molecular complexity index is 437. The van der Waals surface area contributed by atoms with Crippen LogP contribution in [0.4, 0.5) is 0 Å². The number of rotatable bonds is 3. The van der Waals surface area contributed by atoms with Gasteiger partial charge in [0.1, 0.15) is 0 Å². The van der Waals surface area contributed by atoms with Crippen LogP contribution in [0.5, 0.6) is 0 Å². The summed E-state index contributed by atoms with van der Waals surface area (Å²) in [6.07, 6.45) is 8.35. The summed E-state index contributed by atoms with van der Waals surface area (Å²) in [6.45, 7) is 7.27. The molecule has 4 aliphatic carbocycles. The molecular weight excluding hydrogens is 240 g/mol. The van der Waals surface area contributed by atoms with Crippen molar-refractivity contribution in [2.24, 2.45) is 29.1 Å². The predicted octanol–water partition coefficient (Wildman–Crippen LogP) is 2.87. The fourth-order valence-electron chi connectivity index (χ4n) is 5.04. The Morgan fingerprint density at radius 1 is 1.11 bits per heavy atom. The van der Waals surface area contributed by atoms with Crippen LogP contribution in [0.15, 0.2) is 25.3 Å². The van der Waals surface area contributed by atoms with Crippen LogP contribution in [0, 0.1) is 29.1 Å². The van der Waals surface area contributed by atoms with Crippen molar-refractivity contribution in [2.45, 2.75) is 32.1 Å². The number of ether oxygens (including phenoxy) is 1. The summed E-state index contributed by atoms with van der Waals surface area (Å²) in [5.41, 5.74) is -0.491. The van der Waals surface area contributed by atoms with Gasteiger partial charge in [0, 0.05) is 6.08 Å². The van der Waals surface area contributed by atoms with Crippen molar-refractivity contribution in [3.05, 3.63) is 25.3 Å². The Labute approximate surface area is 113 Å². The number of hydrogen-bond donors (Lipinski definition) is 0. The molecule has 0 amide bonds. The Morgan fingerprint density at radius 3 is 2.26 bits per heavy atom. The first-order valence-electron chi connectivity index (χ1n) is 7.10. The highest BCUT2D eigenvalue weighted by molar-refractivity contribution is 5.94. The highest BCUT2D eigenvalue weighted by Crippen LogP contribution is 2.63. The van der Waals surface area contributed by atoms with Gasteiger partial charge in [-0.15, -0.1) is 6.58 Å². The standard InChI is InChI=1S/C16H20O3/c1-3-13-12-6-10-5-11(7-12)9-16(13,8-10)15(18)19-14(17)4-2/h3-4,10-13H,1-2,5-9H2. The second-order valence-corrected chi connectivity index (χ2v) is 6.44. The molecule has 4 saturated carbocycles. The number of carbonyl (C=O) groups is 2. The van der Waals surface area contributed by atoms with Crippen molar-refractivity contribution in [3.8, 4) is 0 Å². The Hall–Kier alpha value is -1.38. The molecule has 4 rings (SSSR count). The van der Waals surface area contributed by atoms with Crippen molar-refractivity contribution in [1.82, 2.24) is 0 Å². The minimum atomic E-state index is -0.636. The summed E-state index contributed by atoms with van der Waals surface area (Å²) in [6, 6.07) is 0. The van der Waals surface area contributed by atoms with E-state index in [0.29, 0.717) is 17.8 Å². The highest BCUT2D eigenvalue weighted by atomic mass is 16.6. The van der Waals surface area contributed by atoms with Gasteiger partial charge >= 0.3 is 11.9 Å². The maximum absolute atomic E-state index is 12.5. The zero-order chi connectivity index (χ0) is 13.6. The molecular formula is C16H20O3. The summed E-state index contributed by atoms with van der Waals surface area (Å²) < 4.78 is 4.97. The summed E-state index contributed by atoms with van der Waals surface area (Å²) in [5.74, 6) is 0.991. The first-order chi connectivity index (χ1) is 9.09. The van der Waals surface area contributed by atoms with Gasteiger partial charge in [-0.2, -0.15) is 0 Å². The largest absolute Gasteiger partial charge is 0.389 e. The molecule has 0 radical (unpaired) electrons. The van der Waals surface area contributed by atoms with Crippen LogP contribution in [0.3, 0.4) is 0 Å². The predicted molar refractivity (Wildman–Crippen MR) is 71.0 cm³/mol. The minimum absolute atomic E-state index is 0.172. The van der Waals surface area contributed by atoms with Gasteiger partial charge in [-0.3, -0.25) is 4.79 Å². The Morgan fingerprint density at radius 2 is 1.74 bits per heavy atom. The fraction of sp³-hybridized carbons (Fsp3) is 0.625. The van der Waals surface area contributed by atoms with Crippen LogP contribution in [-0.4, -0.2) is 11.9 Å². The van der Waals surface area contributed by atoms with Gasteiger partial charge in [-0.25, -0.2) is 4.79 Å². The number of esters is 2. The molecule has 4 fully saturated rings. The second-order valence-electron chi connectivity index (χ2n) is 6.44. The third kappa shape index (κ3) is 1.78. The molecule has 3 atom stereocenters. The molecule has 0 heterocycles. The summed E-state index contributed by atoms with van der Waals surface area (Å²) in [7, 11) is 0. The molecule has 0 aromatic heterocycles. The maximum Gasteiger partial charge on any atom is 0.337 e. The zero-order valence-corrected chi connectivity index (χ0v) is 11.1. The smallest absolute Gasteiger partial charge is 0.337 e. The highest BCUT2D eigenvalue weighted by Gasteiger charge is 2.60. The lowest BCUT2D eigenvalue weighted by molar-refractivity contribution is -0.182. The Kier molecular flexibility index (Phi) is 2.88. The lowest BCUT2D eigenvalue weighted by atomic mass is 9.45. The zero-order valence-electron chi connectivity index (χ0n) is 11.1. The molecule has 0 N–H and O–H groups in total. The van der Waals surface area contributed by atoms with Crippen molar-refractivity contribution < 1.29 is 14.3 Å². The van der Waals surface area contributed by atoms with Crippen LogP contribution in [0.2, 0.25) is 0 Å². The van der Waals surface area contributed by atoms with E-state index in [0.717, 1.165) is 18.9 Å². The SMILES string of the molecule is C=CC(=O)OC(=O)C12CC3CC(CC(C3)C1C=C)C2. The summed E-state index contributed by atoms with van der Waals surface area (Å²) in [5, 5.41) is 0. The first kappa shape index (κ1) is 12.6. The summed E-state index contributed by atoms with van der Waals surface area (Å²) in [4.78, 5) is 23.8. The molecule has 0 aromatic carbocycles. The van der Waals surface area contributed by atoms with Gasteiger partial charge in [-0.1, -0.05) is 12.7 Å². The summed E-state index contributed by atoms with van der Waals surface area (Å²) >= 11 is 0. The van der Waals surface area contributed by atoms with Gasteiger partial charge in [0.15, 0.2) is 0 Å². The van der Waals surface area contributed by atoms with Crippen molar-refractivity contribution in [2.75, 3.05) is 0 Å². The van der Waals surface area contributed by atoms with Crippen LogP contribution in [0.1, 0.15) is 32.1 Å². The van der Waals surface area contributed by atoms with Gasteiger partial charge in [-0.05, 0) is 55.8 Å². The van der Waals surface area contributed by atoms with E-state index in [-0.39, 0.29) is 11.9 Å². The third-order valence-corrected chi connectivity index (χ3v) is 5.41. The van der Waals surface area contributed by atoms with E-state index in [4.69, 9.17) is 4.74 Å². The normalized spacial score (nSPS) is 42.7. The van der Waals surface area contributed by atoms with Crippen LogP contribution in [0.25, 0.3) is 0 Å². The molecule has 19 heavy (non-hydrogen) atoms. The lowest BCUT2D eigenvalue weighted by Gasteiger charge is -2.58. The van der Waals surface area contributed by atoms with E-state index in [1.165, 1.54) is 19.3 Å². The van der Waals surface area contributed by atoms with E-state index in [1.807, 2.05) is 6.08 Å². The topological polar surface area (TPSA) is 43.4 Å². The van der Waals surface area contributed by atoms with Gasteiger partial charge in [0.05, 0.1) is 5.41 Å². The maximum atomic E-state index is 12.5. The Balaban J connectivity index is 1.91. The second kappa shape index (κ2) is 4.32. The average Bonchev–Trinajstić information content (AvgIpc) is 2.37. The van der Waals surface area contributed by atoms with Crippen LogP contribution >= 0.6 is 0 Å². The van der Waals surface area contributed by atoms with E-state index in [2.05, 4.69) is 13.2 Å². The van der Waals surface area contributed by atoms with Crippen molar-refractivity contribution >= 4 is 11.9 Å². The average molecular weight is 260 g/mol. The molecule has 0 spiro atoms. The van der Waals surface area contributed by atoms with E-state index in [1.54, 1.807) is 0 Å². The number of carbonyl (C=O) groups excluding carboxylic acids is 2. The minimum Gasteiger partial charge on any atom is -0.389 e. The molecule has 4 bridgehead atoms. The quantitative estimate of drug-likeness (QED) is 0.339. The van der Waals surface area contributed by atoms with E-state index < -0.39 is 11.4 Å². The van der Waals surface area contributed by atoms with Crippen LogP contribution < -0.4 is 0 Å². The van der Waals surface area contributed by atoms with Crippen molar-refractivity contribution in [1.29, 1.82) is 0 Å². The van der Waals surface area contributed by atoms with E-state index >= 15 is 0 Å². The molecule has 3 heteroatoms. The molecule has 3 unspecified atom stereocenters. The third-order valence-electron chi connectivity index (χ3n) is 5.41.